The molecule has 0 aliphatic heterocycles. The third kappa shape index (κ3) is 2.40. The van der Waals surface area contributed by atoms with Crippen molar-refractivity contribution in [1.29, 1.82) is 0 Å². The molecule has 78 valence electrons. The average Bonchev–Trinajstić information content (AvgIpc) is 2.64. The van der Waals surface area contributed by atoms with Crippen LogP contribution in [0.2, 0.25) is 5.02 Å². The summed E-state index contributed by atoms with van der Waals surface area (Å²) in [6, 6.07) is 5.47. The van der Waals surface area contributed by atoms with Crippen LogP contribution in [0, 0.1) is 3.83 Å². The lowest BCUT2D eigenvalue weighted by Crippen LogP contribution is -1.87. The number of benzene rings is 1. The highest BCUT2D eigenvalue weighted by Crippen LogP contribution is 2.33. The van der Waals surface area contributed by atoms with Gasteiger partial charge in [-0.3, -0.25) is 0 Å². The Labute approximate surface area is 110 Å². The van der Waals surface area contributed by atoms with Gasteiger partial charge < -0.3 is 4.74 Å². The van der Waals surface area contributed by atoms with Crippen molar-refractivity contribution in [2.45, 2.75) is 0 Å². The number of nitrogens with zero attached hydrogens (tertiary/aromatic N) is 2. The van der Waals surface area contributed by atoms with E-state index in [2.05, 4.69) is 31.9 Å². The van der Waals surface area contributed by atoms with E-state index in [1.54, 1.807) is 13.2 Å². The Bertz CT molecular complexity index is 489. The lowest BCUT2D eigenvalue weighted by atomic mass is 10.2. The van der Waals surface area contributed by atoms with Gasteiger partial charge in [0.2, 0.25) is 3.83 Å². The molecule has 3 nitrogen and oxygen atoms in total. The van der Waals surface area contributed by atoms with Gasteiger partial charge in [0, 0.05) is 27.6 Å². The topological polar surface area (TPSA) is 35.0 Å². The fourth-order valence-corrected chi connectivity index (χ4v) is 2.62. The van der Waals surface area contributed by atoms with Crippen LogP contribution in [0.4, 0.5) is 0 Å². The van der Waals surface area contributed by atoms with E-state index < -0.39 is 0 Å². The van der Waals surface area contributed by atoms with Crippen LogP contribution in [-0.2, 0) is 0 Å². The number of hydrogen-bond donors (Lipinski definition) is 0. The fraction of sp³-hybridized carbons (Fsp3) is 0.111. The van der Waals surface area contributed by atoms with Crippen molar-refractivity contribution in [3.8, 4) is 16.3 Å². The van der Waals surface area contributed by atoms with E-state index in [0.29, 0.717) is 5.02 Å². The Morgan fingerprint density at radius 2 is 2.27 bits per heavy atom. The van der Waals surface area contributed by atoms with Gasteiger partial charge in [-0.2, -0.15) is 4.37 Å². The van der Waals surface area contributed by atoms with Gasteiger partial charge in [0.1, 0.15) is 10.8 Å². The molecule has 1 aromatic carbocycles. The van der Waals surface area contributed by atoms with Crippen LogP contribution in [0.15, 0.2) is 18.2 Å². The van der Waals surface area contributed by atoms with E-state index in [9.17, 15) is 0 Å². The summed E-state index contributed by atoms with van der Waals surface area (Å²) < 4.78 is 10.1. The lowest BCUT2D eigenvalue weighted by molar-refractivity contribution is 0.416. The van der Waals surface area contributed by atoms with E-state index in [1.165, 1.54) is 11.5 Å². The molecule has 0 aliphatic carbocycles. The van der Waals surface area contributed by atoms with Crippen molar-refractivity contribution in [2.24, 2.45) is 0 Å². The van der Waals surface area contributed by atoms with Crippen LogP contribution in [0.3, 0.4) is 0 Å². The zero-order chi connectivity index (χ0) is 10.8. The molecule has 0 radical (unpaired) electrons. The number of ether oxygens (including phenoxy) is 1. The van der Waals surface area contributed by atoms with Crippen LogP contribution < -0.4 is 4.74 Å². The number of methoxy groups -OCH3 is 1. The predicted octanol–water partition coefficient (Wildman–Crippen LogP) is 3.47. The number of hydrogen-bond acceptors (Lipinski definition) is 4. The minimum Gasteiger partial charge on any atom is -0.496 e. The lowest BCUT2D eigenvalue weighted by Gasteiger charge is -2.05. The summed E-state index contributed by atoms with van der Waals surface area (Å²) in [5.74, 6) is 0.718. The first-order chi connectivity index (χ1) is 7.20. The third-order valence-electron chi connectivity index (χ3n) is 1.80. The van der Waals surface area contributed by atoms with Crippen molar-refractivity contribution in [1.82, 2.24) is 9.36 Å². The molecule has 0 N–H and O–H groups in total. The minimum absolute atomic E-state index is 0.648. The maximum absolute atomic E-state index is 5.87. The smallest absolute Gasteiger partial charge is 0.203 e. The second-order valence-corrected chi connectivity index (χ2v) is 4.87. The van der Waals surface area contributed by atoms with Crippen LogP contribution in [-0.4, -0.2) is 16.5 Å². The van der Waals surface area contributed by atoms with E-state index >= 15 is 0 Å². The summed E-state index contributed by atoms with van der Waals surface area (Å²) in [6.07, 6.45) is 0. The highest BCUT2D eigenvalue weighted by atomic mass is 127. The minimum atomic E-state index is 0.648. The largest absolute Gasteiger partial charge is 0.496 e. The first kappa shape index (κ1) is 11.1. The second-order valence-electron chi connectivity index (χ2n) is 2.71. The standard InChI is InChI=1S/C9H6ClIN2OS/c1-14-7-4-5(10)2-3-6(7)8-12-9(11)13-15-8/h2-4H,1H3. The van der Waals surface area contributed by atoms with Crippen LogP contribution in [0.25, 0.3) is 10.6 Å². The Morgan fingerprint density at radius 1 is 1.47 bits per heavy atom. The molecule has 15 heavy (non-hydrogen) atoms. The second kappa shape index (κ2) is 4.63. The van der Waals surface area contributed by atoms with Gasteiger partial charge in [-0.15, -0.1) is 0 Å². The van der Waals surface area contributed by atoms with Crippen molar-refractivity contribution < 1.29 is 4.74 Å². The Hall–Kier alpha value is -0.400. The molecule has 6 heteroatoms. The molecule has 0 unspecified atom stereocenters. The van der Waals surface area contributed by atoms with Crippen LogP contribution in [0.1, 0.15) is 0 Å². The molecule has 0 amide bonds. The molecule has 0 saturated carbocycles. The average molecular weight is 353 g/mol. The Morgan fingerprint density at radius 3 is 2.87 bits per heavy atom. The SMILES string of the molecule is COc1cc(Cl)ccc1-c1nc(I)ns1. The molecule has 1 aromatic heterocycles. The van der Waals surface area contributed by atoms with Crippen molar-refractivity contribution in [3.05, 3.63) is 27.1 Å². The van der Waals surface area contributed by atoms with Gasteiger partial charge >= 0.3 is 0 Å². The molecule has 0 bridgehead atoms. The third-order valence-corrected chi connectivity index (χ3v) is 3.59. The Balaban J connectivity index is 2.52. The molecule has 2 aromatic rings. The molecule has 0 saturated heterocycles. The number of halogens is 2. The van der Waals surface area contributed by atoms with Crippen molar-refractivity contribution >= 4 is 45.7 Å². The van der Waals surface area contributed by atoms with E-state index in [0.717, 1.165) is 20.2 Å². The van der Waals surface area contributed by atoms with Crippen LogP contribution >= 0.6 is 45.7 Å². The summed E-state index contributed by atoms with van der Waals surface area (Å²) in [7, 11) is 1.61. The quantitative estimate of drug-likeness (QED) is 0.776. The zero-order valence-corrected chi connectivity index (χ0v) is 11.4. The molecule has 0 spiro atoms. The van der Waals surface area contributed by atoms with E-state index in [-0.39, 0.29) is 0 Å². The van der Waals surface area contributed by atoms with E-state index in [4.69, 9.17) is 16.3 Å². The highest BCUT2D eigenvalue weighted by molar-refractivity contribution is 14.1. The van der Waals surface area contributed by atoms with Gasteiger partial charge in [0.15, 0.2) is 0 Å². The first-order valence-corrected chi connectivity index (χ1v) is 6.27. The van der Waals surface area contributed by atoms with Crippen molar-refractivity contribution in [2.75, 3.05) is 7.11 Å². The fourth-order valence-electron chi connectivity index (χ4n) is 1.16. The maximum atomic E-state index is 5.87. The van der Waals surface area contributed by atoms with Crippen molar-refractivity contribution in [3.63, 3.8) is 0 Å². The summed E-state index contributed by atoms with van der Waals surface area (Å²) in [4.78, 5) is 4.29. The van der Waals surface area contributed by atoms with Gasteiger partial charge in [-0.1, -0.05) is 11.6 Å². The van der Waals surface area contributed by atoms with Gasteiger partial charge in [-0.25, -0.2) is 4.98 Å². The molecular weight excluding hydrogens is 347 g/mol. The monoisotopic (exact) mass is 352 g/mol. The molecule has 0 fully saturated rings. The molecule has 1 heterocycles. The molecule has 2 rings (SSSR count). The molecular formula is C9H6ClIN2OS. The summed E-state index contributed by atoms with van der Waals surface area (Å²) >= 11 is 9.30. The number of aromatic nitrogens is 2. The summed E-state index contributed by atoms with van der Waals surface area (Å²) in [6.45, 7) is 0. The predicted molar refractivity (Wildman–Crippen MR) is 69.6 cm³/mol. The van der Waals surface area contributed by atoms with Gasteiger partial charge in [-0.05, 0) is 29.7 Å². The zero-order valence-electron chi connectivity index (χ0n) is 7.70. The number of rotatable bonds is 2. The maximum Gasteiger partial charge on any atom is 0.203 e. The van der Waals surface area contributed by atoms with E-state index in [1.807, 2.05) is 12.1 Å². The first-order valence-electron chi connectivity index (χ1n) is 4.04. The summed E-state index contributed by atoms with van der Waals surface area (Å²) in [5.41, 5.74) is 0.919. The molecule has 0 aliphatic rings. The van der Waals surface area contributed by atoms with Gasteiger partial charge in [0.25, 0.3) is 0 Å². The normalized spacial score (nSPS) is 10.3. The highest BCUT2D eigenvalue weighted by Gasteiger charge is 2.10. The summed E-state index contributed by atoms with van der Waals surface area (Å²) in [5, 5.41) is 1.49. The van der Waals surface area contributed by atoms with Crippen LogP contribution in [0.5, 0.6) is 5.75 Å². The Kier molecular flexibility index (Phi) is 3.42. The van der Waals surface area contributed by atoms with Gasteiger partial charge in [0.05, 0.1) is 12.7 Å². The molecule has 0 atom stereocenters.